The first-order chi connectivity index (χ1) is 12.1. The van der Waals surface area contributed by atoms with E-state index in [1.165, 1.54) is 0 Å². The highest BCUT2D eigenvalue weighted by Gasteiger charge is 2.27. The van der Waals surface area contributed by atoms with Crippen LogP contribution >= 0.6 is 23.2 Å². The van der Waals surface area contributed by atoms with Crippen molar-refractivity contribution in [1.29, 1.82) is 0 Å². The Labute approximate surface area is 158 Å². The van der Waals surface area contributed by atoms with Crippen LogP contribution in [-0.4, -0.2) is 45.3 Å². The summed E-state index contributed by atoms with van der Waals surface area (Å²) in [5.41, 5.74) is 2.18. The van der Waals surface area contributed by atoms with Crippen molar-refractivity contribution in [2.45, 2.75) is 6.04 Å². The number of halogens is 2. The van der Waals surface area contributed by atoms with Crippen molar-refractivity contribution in [3.63, 3.8) is 0 Å². The Bertz CT molecular complexity index is 733. The van der Waals surface area contributed by atoms with Gasteiger partial charge >= 0.3 is 0 Å². The molecular formula is C19H22Cl2N2O2. The van der Waals surface area contributed by atoms with Gasteiger partial charge in [-0.3, -0.25) is 4.90 Å². The molecule has 0 aliphatic carbocycles. The molecule has 0 spiro atoms. The highest BCUT2D eigenvalue weighted by Crippen LogP contribution is 2.38. The van der Waals surface area contributed by atoms with Gasteiger partial charge in [0.1, 0.15) is 11.5 Å². The lowest BCUT2D eigenvalue weighted by molar-refractivity contribution is 0.195. The highest BCUT2D eigenvalue weighted by molar-refractivity contribution is 6.42. The number of piperazine rings is 1. The van der Waals surface area contributed by atoms with Gasteiger partial charge in [-0.25, -0.2) is 0 Å². The molecule has 1 fully saturated rings. The van der Waals surface area contributed by atoms with E-state index < -0.39 is 0 Å². The molecule has 1 unspecified atom stereocenters. The molecule has 25 heavy (non-hydrogen) atoms. The lowest BCUT2D eigenvalue weighted by Crippen LogP contribution is -2.45. The van der Waals surface area contributed by atoms with Crippen molar-refractivity contribution in [2.75, 3.05) is 40.4 Å². The smallest absolute Gasteiger partial charge is 0.127 e. The van der Waals surface area contributed by atoms with Gasteiger partial charge in [0, 0.05) is 37.8 Å². The second kappa shape index (κ2) is 8.28. The predicted octanol–water partition coefficient (Wildman–Crippen LogP) is 4.01. The maximum atomic E-state index is 6.29. The van der Waals surface area contributed by atoms with Crippen molar-refractivity contribution in [3.05, 3.63) is 57.6 Å². The zero-order valence-electron chi connectivity index (χ0n) is 14.4. The van der Waals surface area contributed by atoms with E-state index in [4.69, 9.17) is 32.7 Å². The largest absolute Gasteiger partial charge is 0.497 e. The van der Waals surface area contributed by atoms with Gasteiger partial charge in [-0.05, 0) is 29.8 Å². The van der Waals surface area contributed by atoms with Crippen molar-refractivity contribution in [3.8, 4) is 11.5 Å². The normalized spacial score (nSPS) is 16.5. The Morgan fingerprint density at radius 3 is 2.36 bits per heavy atom. The second-order valence-corrected chi connectivity index (χ2v) is 6.78. The summed E-state index contributed by atoms with van der Waals surface area (Å²) in [6, 6.07) is 11.8. The molecule has 3 rings (SSSR count). The molecule has 2 aromatic carbocycles. The summed E-state index contributed by atoms with van der Waals surface area (Å²) in [4.78, 5) is 2.43. The molecule has 4 nitrogen and oxygen atoms in total. The molecule has 0 amide bonds. The summed E-state index contributed by atoms with van der Waals surface area (Å²) >= 11 is 12.4. The van der Waals surface area contributed by atoms with E-state index in [1.54, 1.807) is 14.2 Å². The zero-order chi connectivity index (χ0) is 17.8. The van der Waals surface area contributed by atoms with Crippen LogP contribution in [0.1, 0.15) is 17.2 Å². The van der Waals surface area contributed by atoms with Crippen LogP contribution in [0.15, 0.2) is 36.4 Å². The Morgan fingerprint density at radius 2 is 1.72 bits per heavy atom. The van der Waals surface area contributed by atoms with E-state index in [2.05, 4.69) is 16.3 Å². The van der Waals surface area contributed by atoms with E-state index >= 15 is 0 Å². The van der Waals surface area contributed by atoms with Crippen molar-refractivity contribution in [1.82, 2.24) is 10.2 Å². The van der Waals surface area contributed by atoms with Crippen LogP contribution in [0.2, 0.25) is 10.0 Å². The zero-order valence-corrected chi connectivity index (χ0v) is 15.9. The quantitative estimate of drug-likeness (QED) is 0.849. The van der Waals surface area contributed by atoms with Crippen LogP contribution in [0.4, 0.5) is 0 Å². The van der Waals surface area contributed by atoms with Gasteiger partial charge in [-0.1, -0.05) is 29.3 Å². The minimum atomic E-state index is 0.0396. The van der Waals surface area contributed by atoms with E-state index in [0.717, 1.165) is 48.8 Å². The SMILES string of the molecule is COc1ccc(C(c2ccc(Cl)c(Cl)c2)N2CCNCC2)c(OC)c1. The summed E-state index contributed by atoms with van der Waals surface area (Å²) in [6.45, 7) is 3.80. The summed E-state index contributed by atoms with van der Waals surface area (Å²) in [5, 5.41) is 4.52. The Balaban J connectivity index is 2.08. The molecule has 6 heteroatoms. The number of methoxy groups -OCH3 is 2. The molecule has 1 aliphatic rings. The molecule has 134 valence electrons. The number of hydrogen-bond donors (Lipinski definition) is 1. The monoisotopic (exact) mass is 380 g/mol. The molecule has 0 saturated carbocycles. The first-order valence-corrected chi connectivity index (χ1v) is 9.01. The molecule has 1 N–H and O–H groups in total. The number of nitrogens with zero attached hydrogens (tertiary/aromatic N) is 1. The summed E-state index contributed by atoms with van der Waals surface area (Å²) in [7, 11) is 3.34. The molecule has 0 radical (unpaired) electrons. The minimum absolute atomic E-state index is 0.0396. The number of rotatable bonds is 5. The number of nitrogens with one attached hydrogen (secondary N) is 1. The molecule has 1 heterocycles. The highest BCUT2D eigenvalue weighted by atomic mass is 35.5. The molecule has 1 aliphatic heterocycles. The first kappa shape index (κ1) is 18.3. The van der Waals surface area contributed by atoms with Crippen LogP contribution in [0.5, 0.6) is 11.5 Å². The maximum absolute atomic E-state index is 6.29. The molecule has 0 aromatic heterocycles. The molecule has 2 aromatic rings. The van der Waals surface area contributed by atoms with Crippen LogP contribution in [0.25, 0.3) is 0 Å². The lowest BCUT2D eigenvalue weighted by atomic mass is 9.95. The van der Waals surface area contributed by atoms with Crippen molar-refractivity contribution >= 4 is 23.2 Å². The second-order valence-electron chi connectivity index (χ2n) is 5.97. The number of hydrogen-bond acceptors (Lipinski definition) is 4. The minimum Gasteiger partial charge on any atom is -0.497 e. The number of benzene rings is 2. The molecule has 1 atom stereocenters. The van der Waals surface area contributed by atoms with Crippen LogP contribution in [-0.2, 0) is 0 Å². The average molecular weight is 381 g/mol. The average Bonchev–Trinajstić information content (AvgIpc) is 2.66. The number of ether oxygens (including phenoxy) is 2. The van der Waals surface area contributed by atoms with Crippen molar-refractivity contribution in [2.24, 2.45) is 0 Å². The Kier molecular flexibility index (Phi) is 6.07. The topological polar surface area (TPSA) is 33.7 Å². The van der Waals surface area contributed by atoms with Gasteiger partial charge in [0.05, 0.1) is 30.3 Å². The molecule has 0 bridgehead atoms. The summed E-state index contributed by atoms with van der Waals surface area (Å²) in [6.07, 6.45) is 0. The Morgan fingerprint density at radius 1 is 0.960 bits per heavy atom. The first-order valence-electron chi connectivity index (χ1n) is 8.25. The van der Waals surface area contributed by atoms with Gasteiger partial charge in [0.25, 0.3) is 0 Å². The van der Waals surface area contributed by atoms with E-state index in [1.807, 2.05) is 30.3 Å². The van der Waals surface area contributed by atoms with Crippen LogP contribution in [0, 0.1) is 0 Å². The van der Waals surface area contributed by atoms with Gasteiger partial charge in [0.2, 0.25) is 0 Å². The van der Waals surface area contributed by atoms with Gasteiger partial charge in [-0.15, -0.1) is 0 Å². The fourth-order valence-electron chi connectivity index (χ4n) is 3.25. The van der Waals surface area contributed by atoms with Gasteiger partial charge in [0.15, 0.2) is 0 Å². The predicted molar refractivity (Wildman–Crippen MR) is 102 cm³/mol. The van der Waals surface area contributed by atoms with Gasteiger partial charge in [-0.2, -0.15) is 0 Å². The molecule has 1 saturated heterocycles. The van der Waals surface area contributed by atoms with Gasteiger partial charge < -0.3 is 14.8 Å². The third-order valence-electron chi connectivity index (χ3n) is 4.51. The fourth-order valence-corrected chi connectivity index (χ4v) is 3.56. The van der Waals surface area contributed by atoms with E-state index in [0.29, 0.717) is 10.0 Å². The van der Waals surface area contributed by atoms with Crippen molar-refractivity contribution < 1.29 is 9.47 Å². The van der Waals surface area contributed by atoms with Crippen LogP contribution < -0.4 is 14.8 Å². The molecular weight excluding hydrogens is 359 g/mol. The maximum Gasteiger partial charge on any atom is 0.127 e. The van der Waals surface area contributed by atoms with E-state index in [-0.39, 0.29) is 6.04 Å². The third kappa shape index (κ3) is 4.04. The lowest BCUT2D eigenvalue weighted by Gasteiger charge is -2.36. The third-order valence-corrected chi connectivity index (χ3v) is 5.25. The summed E-state index contributed by atoms with van der Waals surface area (Å²) in [5.74, 6) is 1.57. The fraction of sp³-hybridized carbons (Fsp3) is 0.368. The van der Waals surface area contributed by atoms with E-state index in [9.17, 15) is 0 Å². The Hall–Kier alpha value is -1.46. The summed E-state index contributed by atoms with van der Waals surface area (Å²) < 4.78 is 11.0. The standard InChI is InChI=1S/C19H22Cl2N2O2/c1-24-14-4-5-15(18(12-14)25-2)19(23-9-7-22-8-10-23)13-3-6-16(20)17(21)11-13/h3-6,11-12,19,22H,7-10H2,1-2H3. The van der Waals surface area contributed by atoms with Crippen LogP contribution in [0.3, 0.4) is 0 Å².